The van der Waals surface area contributed by atoms with Crippen molar-refractivity contribution in [2.24, 2.45) is 0 Å². The fourth-order valence-corrected chi connectivity index (χ4v) is 2.98. The molecule has 0 radical (unpaired) electrons. The Hall–Kier alpha value is -2.18. The summed E-state index contributed by atoms with van der Waals surface area (Å²) in [4.78, 5) is 24.4. The minimum Gasteiger partial charge on any atom is -0.383 e. The van der Waals surface area contributed by atoms with Crippen LogP contribution in [0.5, 0.6) is 0 Å². The van der Waals surface area contributed by atoms with Gasteiger partial charge in [0, 0.05) is 17.8 Å². The molecular weight excluding hydrogens is 324 g/mol. The van der Waals surface area contributed by atoms with Crippen LogP contribution in [0.25, 0.3) is 0 Å². The molecule has 1 atom stereocenters. The van der Waals surface area contributed by atoms with Gasteiger partial charge in [-0.2, -0.15) is 0 Å². The third-order valence-electron chi connectivity index (χ3n) is 3.56. The number of hydrogen-bond donors (Lipinski definition) is 3. The van der Waals surface area contributed by atoms with E-state index < -0.39 is 5.60 Å². The number of carbonyl (C=O) groups excluding carboxylic acids is 2. The summed E-state index contributed by atoms with van der Waals surface area (Å²) in [6, 6.07) is 13.1. The zero-order valence-corrected chi connectivity index (χ0v) is 14.4. The normalized spacial score (nSPS) is 13.1. The standard InChI is InChI=1S/C18H22N2O3S/c1-18(23,15-8-5-11-24-15)13-20-16(21)9-10-19-17(22)12-14-6-3-2-4-7-14/h2-8,11,23H,9-10,12-13H2,1H3,(H,19,22)(H,20,21). The van der Waals surface area contributed by atoms with Crippen molar-refractivity contribution in [2.45, 2.75) is 25.4 Å². The van der Waals surface area contributed by atoms with E-state index in [4.69, 9.17) is 0 Å². The molecule has 6 heteroatoms. The molecule has 2 amide bonds. The van der Waals surface area contributed by atoms with Crippen LogP contribution in [0.1, 0.15) is 23.8 Å². The highest BCUT2D eigenvalue weighted by Crippen LogP contribution is 2.24. The van der Waals surface area contributed by atoms with Crippen molar-refractivity contribution in [1.82, 2.24) is 10.6 Å². The molecule has 0 saturated carbocycles. The third kappa shape index (κ3) is 5.79. The average Bonchev–Trinajstić information content (AvgIpc) is 3.09. The van der Waals surface area contributed by atoms with Crippen molar-refractivity contribution >= 4 is 23.2 Å². The summed E-state index contributed by atoms with van der Waals surface area (Å²) in [5.41, 5.74) is -0.146. The maximum Gasteiger partial charge on any atom is 0.224 e. The quantitative estimate of drug-likeness (QED) is 0.682. The van der Waals surface area contributed by atoms with Gasteiger partial charge in [-0.25, -0.2) is 0 Å². The Balaban J connectivity index is 1.65. The molecule has 128 valence electrons. The van der Waals surface area contributed by atoms with E-state index in [1.54, 1.807) is 6.92 Å². The Morgan fingerprint density at radius 2 is 1.83 bits per heavy atom. The smallest absolute Gasteiger partial charge is 0.224 e. The SMILES string of the molecule is CC(O)(CNC(=O)CCNC(=O)Cc1ccccc1)c1cccs1. The van der Waals surface area contributed by atoms with E-state index in [0.717, 1.165) is 10.4 Å². The highest BCUT2D eigenvalue weighted by Gasteiger charge is 2.24. The molecule has 1 heterocycles. The van der Waals surface area contributed by atoms with Gasteiger partial charge in [0.05, 0.1) is 13.0 Å². The maximum atomic E-state index is 11.8. The molecular formula is C18H22N2O3S. The van der Waals surface area contributed by atoms with Gasteiger partial charge in [0.1, 0.15) is 5.60 Å². The number of nitrogens with one attached hydrogen (secondary N) is 2. The van der Waals surface area contributed by atoms with Gasteiger partial charge in [-0.15, -0.1) is 11.3 Å². The van der Waals surface area contributed by atoms with Crippen LogP contribution in [0.15, 0.2) is 47.8 Å². The molecule has 1 aromatic carbocycles. The number of rotatable bonds is 8. The van der Waals surface area contributed by atoms with Crippen molar-refractivity contribution in [2.75, 3.05) is 13.1 Å². The molecule has 0 aliphatic rings. The zero-order chi connectivity index (χ0) is 17.4. The third-order valence-corrected chi connectivity index (χ3v) is 4.69. The Morgan fingerprint density at radius 1 is 1.08 bits per heavy atom. The monoisotopic (exact) mass is 346 g/mol. The summed E-state index contributed by atoms with van der Waals surface area (Å²) in [6.45, 7) is 2.09. The fourth-order valence-electron chi connectivity index (χ4n) is 2.19. The van der Waals surface area contributed by atoms with Gasteiger partial charge in [0.2, 0.25) is 11.8 Å². The minimum absolute atomic E-state index is 0.111. The van der Waals surface area contributed by atoms with Gasteiger partial charge in [-0.1, -0.05) is 36.4 Å². The van der Waals surface area contributed by atoms with Gasteiger partial charge in [-0.3, -0.25) is 9.59 Å². The van der Waals surface area contributed by atoms with Gasteiger partial charge in [0.15, 0.2) is 0 Å². The summed E-state index contributed by atoms with van der Waals surface area (Å²) in [6.07, 6.45) is 0.483. The lowest BCUT2D eigenvalue weighted by molar-refractivity contribution is -0.122. The van der Waals surface area contributed by atoms with E-state index in [1.807, 2.05) is 47.8 Å². The molecule has 0 spiro atoms. The van der Waals surface area contributed by atoms with E-state index in [2.05, 4.69) is 10.6 Å². The van der Waals surface area contributed by atoms with Crippen molar-refractivity contribution < 1.29 is 14.7 Å². The topological polar surface area (TPSA) is 78.4 Å². The molecule has 2 aromatic rings. The number of aliphatic hydroxyl groups is 1. The van der Waals surface area contributed by atoms with Crippen molar-refractivity contribution in [3.8, 4) is 0 Å². The molecule has 5 nitrogen and oxygen atoms in total. The van der Waals surface area contributed by atoms with E-state index in [9.17, 15) is 14.7 Å². The second-order valence-corrected chi connectivity index (χ2v) is 6.74. The first-order valence-electron chi connectivity index (χ1n) is 7.81. The summed E-state index contributed by atoms with van der Waals surface area (Å²) >= 11 is 1.45. The van der Waals surface area contributed by atoms with Crippen LogP contribution < -0.4 is 10.6 Å². The Morgan fingerprint density at radius 3 is 2.50 bits per heavy atom. The van der Waals surface area contributed by atoms with Crippen LogP contribution in [0.4, 0.5) is 0 Å². The molecule has 1 aromatic heterocycles. The van der Waals surface area contributed by atoms with Gasteiger partial charge < -0.3 is 15.7 Å². The predicted molar refractivity (Wildman–Crippen MR) is 94.7 cm³/mol. The first-order chi connectivity index (χ1) is 11.5. The van der Waals surface area contributed by atoms with Crippen molar-refractivity contribution in [3.05, 3.63) is 58.3 Å². The number of carbonyl (C=O) groups is 2. The predicted octanol–water partition coefficient (Wildman–Crippen LogP) is 1.82. The maximum absolute atomic E-state index is 11.8. The molecule has 0 bridgehead atoms. The lowest BCUT2D eigenvalue weighted by Gasteiger charge is -2.22. The number of benzene rings is 1. The second kappa shape index (κ2) is 8.61. The minimum atomic E-state index is -1.08. The summed E-state index contributed by atoms with van der Waals surface area (Å²) in [7, 11) is 0. The van der Waals surface area contributed by atoms with E-state index >= 15 is 0 Å². The fraction of sp³-hybridized carbons (Fsp3) is 0.333. The number of amides is 2. The van der Waals surface area contributed by atoms with Crippen LogP contribution in [0.3, 0.4) is 0 Å². The highest BCUT2D eigenvalue weighted by atomic mass is 32.1. The summed E-state index contributed by atoms with van der Waals surface area (Å²) in [5.74, 6) is -0.313. The van der Waals surface area contributed by atoms with Crippen LogP contribution in [0.2, 0.25) is 0 Å². The van der Waals surface area contributed by atoms with Crippen LogP contribution in [-0.2, 0) is 21.6 Å². The van der Waals surface area contributed by atoms with E-state index in [0.29, 0.717) is 6.42 Å². The molecule has 0 aliphatic heterocycles. The average molecular weight is 346 g/mol. The summed E-state index contributed by atoms with van der Waals surface area (Å²) < 4.78 is 0. The van der Waals surface area contributed by atoms with Crippen LogP contribution in [-0.4, -0.2) is 30.0 Å². The van der Waals surface area contributed by atoms with E-state index in [1.165, 1.54) is 11.3 Å². The molecule has 0 saturated heterocycles. The van der Waals surface area contributed by atoms with Gasteiger partial charge >= 0.3 is 0 Å². The molecule has 3 N–H and O–H groups in total. The lowest BCUT2D eigenvalue weighted by atomic mass is 10.1. The first-order valence-corrected chi connectivity index (χ1v) is 8.69. The highest BCUT2D eigenvalue weighted by molar-refractivity contribution is 7.10. The van der Waals surface area contributed by atoms with Crippen molar-refractivity contribution in [3.63, 3.8) is 0 Å². The van der Waals surface area contributed by atoms with E-state index in [-0.39, 0.29) is 31.3 Å². The molecule has 1 unspecified atom stereocenters. The van der Waals surface area contributed by atoms with Crippen molar-refractivity contribution in [1.29, 1.82) is 0 Å². The van der Waals surface area contributed by atoms with Crippen LogP contribution >= 0.6 is 11.3 Å². The summed E-state index contributed by atoms with van der Waals surface area (Å²) in [5, 5.41) is 17.6. The molecule has 0 fully saturated rings. The Bertz CT molecular complexity index is 654. The largest absolute Gasteiger partial charge is 0.383 e. The molecule has 2 rings (SSSR count). The first kappa shape index (κ1) is 18.2. The number of hydrogen-bond acceptors (Lipinski definition) is 4. The van der Waals surface area contributed by atoms with Crippen LogP contribution in [0, 0.1) is 0 Å². The Kier molecular flexibility index (Phi) is 6.52. The Labute approximate surface area is 145 Å². The zero-order valence-electron chi connectivity index (χ0n) is 13.6. The number of thiophene rings is 1. The lowest BCUT2D eigenvalue weighted by Crippen LogP contribution is -2.39. The molecule has 0 aliphatic carbocycles. The van der Waals surface area contributed by atoms with Gasteiger partial charge in [-0.05, 0) is 23.9 Å². The van der Waals surface area contributed by atoms with Gasteiger partial charge in [0.25, 0.3) is 0 Å². The molecule has 24 heavy (non-hydrogen) atoms. The second-order valence-electron chi connectivity index (χ2n) is 5.79.